The second kappa shape index (κ2) is 10.8. The lowest BCUT2D eigenvalue weighted by molar-refractivity contribution is -0.123. The van der Waals surface area contributed by atoms with Crippen LogP contribution in [-0.4, -0.2) is 74.1 Å². The predicted molar refractivity (Wildman–Crippen MR) is 128 cm³/mol. The number of hydrogen-bond donors (Lipinski definition) is 0. The van der Waals surface area contributed by atoms with Gasteiger partial charge in [-0.15, -0.1) is 0 Å². The summed E-state index contributed by atoms with van der Waals surface area (Å²) in [5.74, 6) is 1.38. The molecular weight excluding hydrogens is 418 g/mol. The molecule has 2 aliphatic heterocycles. The summed E-state index contributed by atoms with van der Waals surface area (Å²) >= 11 is 0. The number of methoxy groups -OCH3 is 1. The highest BCUT2D eigenvalue weighted by Gasteiger charge is 2.43. The standard InChI is InChI=1S/C26H33N3O4/c1-3-18-33-23-10-6-21(7-11-23)29-25(30)19-24(26(29)31)28-16-14-27(15-17-28)13-12-20-4-8-22(32-2)9-5-20/h4-11,24H,3,12-19H2,1-2H3/t24-/m0/s1. The van der Waals surface area contributed by atoms with Crippen LogP contribution < -0.4 is 14.4 Å². The number of hydrogen-bond acceptors (Lipinski definition) is 6. The van der Waals surface area contributed by atoms with E-state index in [4.69, 9.17) is 9.47 Å². The van der Waals surface area contributed by atoms with E-state index in [0.29, 0.717) is 12.3 Å². The Hall–Kier alpha value is -2.90. The Morgan fingerprint density at radius 3 is 2.21 bits per heavy atom. The van der Waals surface area contributed by atoms with E-state index in [-0.39, 0.29) is 24.3 Å². The van der Waals surface area contributed by atoms with E-state index in [1.807, 2.05) is 24.3 Å². The number of benzene rings is 2. The largest absolute Gasteiger partial charge is 0.497 e. The van der Waals surface area contributed by atoms with E-state index < -0.39 is 0 Å². The summed E-state index contributed by atoms with van der Waals surface area (Å²) in [5.41, 5.74) is 1.91. The van der Waals surface area contributed by atoms with Gasteiger partial charge in [0.1, 0.15) is 11.5 Å². The smallest absolute Gasteiger partial charge is 0.251 e. The summed E-state index contributed by atoms with van der Waals surface area (Å²) in [6, 6.07) is 15.1. The Kier molecular flexibility index (Phi) is 7.62. The number of carbonyl (C=O) groups is 2. The fourth-order valence-electron chi connectivity index (χ4n) is 4.46. The van der Waals surface area contributed by atoms with E-state index >= 15 is 0 Å². The molecule has 2 heterocycles. The Bertz CT molecular complexity index is 937. The van der Waals surface area contributed by atoms with E-state index in [2.05, 4.69) is 28.9 Å². The molecule has 4 rings (SSSR count). The van der Waals surface area contributed by atoms with Crippen LogP contribution in [0.4, 0.5) is 5.69 Å². The SMILES string of the molecule is CCCOc1ccc(N2C(=O)C[C@H](N3CCN(CCc4ccc(OC)cc4)CC3)C2=O)cc1. The van der Waals surface area contributed by atoms with Crippen molar-refractivity contribution in [1.82, 2.24) is 9.80 Å². The molecule has 0 aromatic heterocycles. The van der Waals surface area contributed by atoms with E-state index in [1.54, 1.807) is 19.2 Å². The van der Waals surface area contributed by atoms with Gasteiger partial charge in [0.25, 0.3) is 5.91 Å². The highest BCUT2D eigenvalue weighted by Crippen LogP contribution is 2.28. The second-order valence-electron chi connectivity index (χ2n) is 8.61. The minimum atomic E-state index is -0.364. The summed E-state index contributed by atoms with van der Waals surface area (Å²) in [6.07, 6.45) is 2.16. The molecule has 176 valence electrons. The lowest BCUT2D eigenvalue weighted by Gasteiger charge is -2.37. The topological polar surface area (TPSA) is 62.3 Å². The van der Waals surface area contributed by atoms with E-state index in [0.717, 1.165) is 57.1 Å². The van der Waals surface area contributed by atoms with Crippen molar-refractivity contribution in [3.63, 3.8) is 0 Å². The fraction of sp³-hybridized carbons (Fsp3) is 0.462. The molecule has 7 nitrogen and oxygen atoms in total. The van der Waals surface area contributed by atoms with Gasteiger partial charge in [-0.2, -0.15) is 0 Å². The molecule has 0 aliphatic carbocycles. The van der Waals surface area contributed by atoms with Gasteiger partial charge in [-0.05, 0) is 54.8 Å². The molecule has 2 aliphatic rings. The van der Waals surface area contributed by atoms with Crippen LogP contribution in [0.5, 0.6) is 11.5 Å². The van der Waals surface area contributed by atoms with Gasteiger partial charge >= 0.3 is 0 Å². The summed E-state index contributed by atoms with van der Waals surface area (Å²) in [4.78, 5) is 31.8. The normalized spacial score (nSPS) is 19.8. The first-order valence-electron chi connectivity index (χ1n) is 11.8. The van der Waals surface area contributed by atoms with Crippen molar-refractivity contribution in [1.29, 1.82) is 0 Å². The molecule has 2 aromatic carbocycles. The van der Waals surface area contributed by atoms with Gasteiger partial charge in [0.2, 0.25) is 5.91 Å². The molecule has 2 saturated heterocycles. The number of amides is 2. The minimum Gasteiger partial charge on any atom is -0.497 e. The van der Waals surface area contributed by atoms with Crippen molar-refractivity contribution in [2.24, 2.45) is 0 Å². The lowest BCUT2D eigenvalue weighted by atomic mass is 10.1. The Morgan fingerprint density at radius 1 is 0.909 bits per heavy atom. The number of nitrogens with zero attached hydrogens (tertiary/aromatic N) is 3. The van der Waals surface area contributed by atoms with Gasteiger partial charge in [0.15, 0.2) is 0 Å². The van der Waals surface area contributed by atoms with Crippen molar-refractivity contribution in [2.45, 2.75) is 32.2 Å². The third-order valence-electron chi connectivity index (χ3n) is 6.41. The van der Waals surface area contributed by atoms with Crippen LogP contribution in [0.15, 0.2) is 48.5 Å². The molecule has 0 radical (unpaired) electrons. The summed E-state index contributed by atoms with van der Waals surface area (Å²) in [7, 11) is 1.68. The van der Waals surface area contributed by atoms with Crippen LogP contribution in [0.2, 0.25) is 0 Å². The first kappa shape index (κ1) is 23.3. The summed E-state index contributed by atoms with van der Waals surface area (Å²) in [6.45, 7) is 7.07. The maximum absolute atomic E-state index is 13.1. The average molecular weight is 452 g/mol. The zero-order valence-corrected chi connectivity index (χ0v) is 19.5. The monoisotopic (exact) mass is 451 g/mol. The first-order chi connectivity index (χ1) is 16.1. The number of imide groups is 1. The Labute approximate surface area is 195 Å². The van der Waals surface area contributed by atoms with E-state index in [9.17, 15) is 9.59 Å². The highest BCUT2D eigenvalue weighted by atomic mass is 16.5. The third-order valence-corrected chi connectivity index (χ3v) is 6.41. The number of carbonyl (C=O) groups excluding carboxylic acids is 2. The van der Waals surface area contributed by atoms with Crippen LogP contribution >= 0.6 is 0 Å². The second-order valence-corrected chi connectivity index (χ2v) is 8.61. The Morgan fingerprint density at radius 2 is 1.58 bits per heavy atom. The minimum absolute atomic E-state index is 0.117. The quantitative estimate of drug-likeness (QED) is 0.547. The molecule has 7 heteroatoms. The molecule has 2 aromatic rings. The fourth-order valence-corrected chi connectivity index (χ4v) is 4.46. The van der Waals surface area contributed by atoms with Crippen molar-refractivity contribution in [3.05, 3.63) is 54.1 Å². The Balaban J connectivity index is 1.28. The average Bonchev–Trinajstić information content (AvgIpc) is 3.16. The third kappa shape index (κ3) is 5.54. The van der Waals surface area contributed by atoms with Crippen molar-refractivity contribution < 1.29 is 19.1 Å². The van der Waals surface area contributed by atoms with Crippen LogP contribution in [0, 0.1) is 0 Å². The van der Waals surface area contributed by atoms with Gasteiger partial charge < -0.3 is 14.4 Å². The van der Waals surface area contributed by atoms with Gasteiger partial charge in [0.05, 0.1) is 31.9 Å². The van der Waals surface area contributed by atoms with Gasteiger partial charge in [-0.25, -0.2) is 4.90 Å². The maximum atomic E-state index is 13.1. The molecule has 2 amide bonds. The number of rotatable bonds is 9. The molecule has 2 fully saturated rings. The predicted octanol–water partition coefficient (Wildman–Crippen LogP) is 2.98. The maximum Gasteiger partial charge on any atom is 0.251 e. The molecule has 0 saturated carbocycles. The number of piperazine rings is 1. The molecule has 0 bridgehead atoms. The van der Waals surface area contributed by atoms with Crippen LogP contribution in [0.3, 0.4) is 0 Å². The zero-order valence-electron chi connectivity index (χ0n) is 19.5. The number of anilines is 1. The molecule has 0 spiro atoms. The molecule has 33 heavy (non-hydrogen) atoms. The number of ether oxygens (including phenoxy) is 2. The molecule has 1 atom stereocenters. The van der Waals surface area contributed by atoms with Crippen molar-refractivity contribution in [2.75, 3.05) is 51.3 Å². The van der Waals surface area contributed by atoms with E-state index in [1.165, 1.54) is 10.5 Å². The zero-order chi connectivity index (χ0) is 23.2. The highest BCUT2D eigenvalue weighted by molar-refractivity contribution is 6.22. The molecule has 0 N–H and O–H groups in total. The van der Waals surface area contributed by atoms with Gasteiger partial charge in [-0.3, -0.25) is 14.5 Å². The first-order valence-corrected chi connectivity index (χ1v) is 11.8. The lowest BCUT2D eigenvalue weighted by Crippen LogP contribution is -2.52. The van der Waals surface area contributed by atoms with Crippen molar-refractivity contribution >= 4 is 17.5 Å². The van der Waals surface area contributed by atoms with Crippen LogP contribution in [-0.2, 0) is 16.0 Å². The van der Waals surface area contributed by atoms with Gasteiger partial charge in [-0.1, -0.05) is 19.1 Å². The van der Waals surface area contributed by atoms with Crippen LogP contribution in [0.1, 0.15) is 25.3 Å². The van der Waals surface area contributed by atoms with Gasteiger partial charge in [0, 0.05) is 32.7 Å². The van der Waals surface area contributed by atoms with Crippen molar-refractivity contribution in [3.8, 4) is 11.5 Å². The van der Waals surface area contributed by atoms with Crippen LogP contribution in [0.25, 0.3) is 0 Å². The summed E-state index contributed by atoms with van der Waals surface area (Å²) < 4.78 is 10.8. The molecule has 0 unspecified atom stereocenters. The summed E-state index contributed by atoms with van der Waals surface area (Å²) in [5, 5.41) is 0. The molecular formula is C26H33N3O4.